The number of amides is 1. The average Bonchev–Trinajstić information content (AvgIpc) is 3.21. The van der Waals surface area contributed by atoms with Crippen molar-refractivity contribution in [2.45, 2.75) is 40.7 Å². The molecular formula is C22H36N4O3. The van der Waals surface area contributed by atoms with Gasteiger partial charge >= 0.3 is 0 Å². The highest BCUT2D eigenvalue weighted by molar-refractivity contribution is 5.80. The summed E-state index contributed by atoms with van der Waals surface area (Å²) in [6, 6.07) is 6.23. The molecule has 0 spiro atoms. The van der Waals surface area contributed by atoms with Gasteiger partial charge in [-0.15, -0.1) is 0 Å². The minimum absolute atomic E-state index is 0.00680. The Bertz CT molecular complexity index is 670. The van der Waals surface area contributed by atoms with Gasteiger partial charge < -0.3 is 25.4 Å². The van der Waals surface area contributed by atoms with Crippen LogP contribution in [0, 0.1) is 18.8 Å². The summed E-state index contributed by atoms with van der Waals surface area (Å²) in [6.07, 6.45) is 1.06. The summed E-state index contributed by atoms with van der Waals surface area (Å²) in [5.41, 5.74) is 2.22. The lowest BCUT2D eigenvalue weighted by molar-refractivity contribution is -0.123. The SMILES string of the molecule is CCNC(=NCc1ccc(C)cc1OCC1CCOC1)NCCNC(=O)C(C)C. The van der Waals surface area contributed by atoms with Crippen LogP contribution in [-0.4, -0.2) is 51.3 Å². The van der Waals surface area contributed by atoms with Crippen LogP contribution in [0.3, 0.4) is 0 Å². The minimum Gasteiger partial charge on any atom is -0.493 e. The Labute approximate surface area is 174 Å². The number of hydrogen-bond donors (Lipinski definition) is 3. The van der Waals surface area contributed by atoms with Gasteiger partial charge in [0.2, 0.25) is 5.91 Å². The Balaban J connectivity index is 1.91. The van der Waals surface area contributed by atoms with Gasteiger partial charge in [0.05, 0.1) is 19.8 Å². The van der Waals surface area contributed by atoms with Crippen LogP contribution in [0.5, 0.6) is 5.75 Å². The molecule has 1 unspecified atom stereocenters. The molecule has 1 atom stereocenters. The summed E-state index contributed by atoms with van der Waals surface area (Å²) >= 11 is 0. The molecule has 1 amide bonds. The molecule has 29 heavy (non-hydrogen) atoms. The Morgan fingerprint density at radius 1 is 1.28 bits per heavy atom. The number of carbonyl (C=O) groups excluding carboxylic acids is 1. The predicted octanol–water partition coefficient (Wildman–Crippen LogP) is 2.24. The standard InChI is InChI=1S/C22H36N4O3/c1-5-23-22(25-10-9-24-21(27)16(2)3)26-13-19-7-6-17(4)12-20(19)29-15-18-8-11-28-14-18/h6-7,12,16,18H,5,8-11,13-15H2,1-4H3,(H,24,27)(H2,23,25,26). The zero-order valence-electron chi connectivity index (χ0n) is 18.2. The van der Waals surface area contributed by atoms with E-state index < -0.39 is 0 Å². The van der Waals surface area contributed by atoms with Gasteiger partial charge in [0.25, 0.3) is 0 Å². The smallest absolute Gasteiger partial charge is 0.222 e. The van der Waals surface area contributed by atoms with Gasteiger partial charge in [-0.3, -0.25) is 4.79 Å². The molecule has 7 nitrogen and oxygen atoms in total. The molecule has 162 valence electrons. The monoisotopic (exact) mass is 404 g/mol. The van der Waals surface area contributed by atoms with Crippen LogP contribution in [0.2, 0.25) is 0 Å². The maximum absolute atomic E-state index is 11.6. The first-order valence-corrected chi connectivity index (χ1v) is 10.6. The van der Waals surface area contributed by atoms with Crippen LogP contribution < -0.4 is 20.7 Å². The van der Waals surface area contributed by atoms with Crippen molar-refractivity contribution < 1.29 is 14.3 Å². The molecule has 0 radical (unpaired) electrons. The fraction of sp³-hybridized carbons (Fsp3) is 0.636. The van der Waals surface area contributed by atoms with Crippen LogP contribution in [0.4, 0.5) is 0 Å². The molecule has 1 fully saturated rings. The second-order valence-corrected chi connectivity index (χ2v) is 7.72. The topological polar surface area (TPSA) is 84.0 Å². The maximum atomic E-state index is 11.6. The number of nitrogens with one attached hydrogen (secondary N) is 3. The molecule has 0 aromatic heterocycles. The Hall–Kier alpha value is -2.28. The van der Waals surface area contributed by atoms with Crippen molar-refractivity contribution in [3.8, 4) is 5.75 Å². The van der Waals surface area contributed by atoms with E-state index in [0.29, 0.717) is 32.2 Å². The Kier molecular flexibility index (Phi) is 9.77. The summed E-state index contributed by atoms with van der Waals surface area (Å²) < 4.78 is 11.5. The van der Waals surface area contributed by atoms with Gasteiger partial charge in [-0.1, -0.05) is 26.0 Å². The van der Waals surface area contributed by atoms with Crippen molar-refractivity contribution in [1.82, 2.24) is 16.0 Å². The van der Waals surface area contributed by atoms with E-state index in [-0.39, 0.29) is 11.8 Å². The largest absolute Gasteiger partial charge is 0.493 e. The molecule has 1 aliphatic heterocycles. The third-order valence-electron chi connectivity index (χ3n) is 4.71. The van der Waals surface area contributed by atoms with Crippen molar-refractivity contribution in [3.05, 3.63) is 29.3 Å². The van der Waals surface area contributed by atoms with Gasteiger partial charge in [-0.25, -0.2) is 4.99 Å². The van der Waals surface area contributed by atoms with Crippen molar-refractivity contribution >= 4 is 11.9 Å². The highest BCUT2D eigenvalue weighted by atomic mass is 16.5. The van der Waals surface area contributed by atoms with E-state index in [9.17, 15) is 4.79 Å². The quantitative estimate of drug-likeness (QED) is 0.316. The van der Waals surface area contributed by atoms with E-state index in [1.807, 2.05) is 20.8 Å². The van der Waals surface area contributed by atoms with Crippen LogP contribution in [0.25, 0.3) is 0 Å². The molecule has 7 heteroatoms. The minimum atomic E-state index is -0.00680. The molecule has 0 saturated carbocycles. The zero-order chi connectivity index (χ0) is 21.1. The van der Waals surface area contributed by atoms with Gasteiger partial charge in [0, 0.05) is 43.6 Å². The number of aryl methyl sites for hydroxylation is 1. The van der Waals surface area contributed by atoms with Gasteiger partial charge in [-0.05, 0) is 31.9 Å². The van der Waals surface area contributed by atoms with E-state index in [4.69, 9.17) is 9.47 Å². The van der Waals surface area contributed by atoms with E-state index in [1.54, 1.807) is 0 Å². The molecule has 1 saturated heterocycles. The number of carbonyl (C=O) groups is 1. The molecule has 1 aliphatic rings. The Morgan fingerprint density at radius 2 is 2.07 bits per heavy atom. The number of benzene rings is 1. The molecule has 3 N–H and O–H groups in total. The lowest BCUT2D eigenvalue weighted by Gasteiger charge is -2.15. The number of guanidine groups is 1. The Morgan fingerprint density at radius 3 is 2.76 bits per heavy atom. The molecule has 0 aliphatic carbocycles. The first-order valence-electron chi connectivity index (χ1n) is 10.6. The third-order valence-corrected chi connectivity index (χ3v) is 4.71. The third kappa shape index (κ3) is 8.31. The van der Waals surface area contributed by atoms with Crippen molar-refractivity contribution in [1.29, 1.82) is 0 Å². The van der Waals surface area contributed by atoms with Gasteiger partial charge in [0.15, 0.2) is 5.96 Å². The van der Waals surface area contributed by atoms with Crippen molar-refractivity contribution in [2.24, 2.45) is 16.8 Å². The maximum Gasteiger partial charge on any atom is 0.222 e. The van der Waals surface area contributed by atoms with Crippen LogP contribution in [-0.2, 0) is 16.1 Å². The molecule has 1 heterocycles. The highest BCUT2D eigenvalue weighted by Crippen LogP contribution is 2.23. The first kappa shape index (κ1) is 23.0. The summed E-state index contributed by atoms with van der Waals surface area (Å²) in [7, 11) is 0. The lowest BCUT2D eigenvalue weighted by Crippen LogP contribution is -2.42. The van der Waals surface area contributed by atoms with Crippen molar-refractivity contribution in [3.63, 3.8) is 0 Å². The van der Waals surface area contributed by atoms with Crippen molar-refractivity contribution in [2.75, 3.05) is 39.5 Å². The molecule has 0 bridgehead atoms. The normalized spacial score (nSPS) is 16.7. The molecule has 2 rings (SSSR count). The zero-order valence-corrected chi connectivity index (χ0v) is 18.2. The number of ether oxygens (including phenoxy) is 2. The second kappa shape index (κ2) is 12.3. The predicted molar refractivity (Wildman–Crippen MR) is 116 cm³/mol. The van der Waals surface area contributed by atoms with Gasteiger partial charge in [-0.2, -0.15) is 0 Å². The molecule has 1 aromatic rings. The van der Waals surface area contributed by atoms with Crippen LogP contribution in [0.15, 0.2) is 23.2 Å². The van der Waals surface area contributed by atoms with E-state index in [0.717, 1.165) is 43.5 Å². The van der Waals surface area contributed by atoms with Gasteiger partial charge in [0.1, 0.15) is 5.75 Å². The van der Waals surface area contributed by atoms with E-state index in [2.05, 4.69) is 46.1 Å². The molecular weight excluding hydrogens is 368 g/mol. The first-order chi connectivity index (χ1) is 14.0. The summed E-state index contributed by atoms with van der Waals surface area (Å²) in [5, 5.41) is 9.40. The highest BCUT2D eigenvalue weighted by Gasteiger charge is 2.17. The van der Waals surface area contributed by atoms with Crippen LogP contribution >= 0.6 is 0 Å². The summed E-state index contributed by atoms with van der Waals surface area (Å²) in [5.74, 6) is 2.13. The molecule has 1 aromatic carbocycles. The fourth-order valence-corrected chi connectivity index (χ4v) is 2.93. The second-order valence-electron chi connectivity index (χ2n) is 7.72. The summed E-state index contributed by atoms with van der Waals surface area (Å²) in [4.78, 5) is 16.3. The number of aliphatic imine (C=N–C) groups is 1. The average molecular weight is 405 g/mol. The van der Waals surface area contributed by atoms with E-state index in [1.165, 1.54) is 5.56 Å². The fourth-order valence-electron chi connectivity index (χ4n) is 2.93. The van der Waals surface area contributed by atoms with E-state index >= 15 is 0 Å². The number of rotatable bonds is 10. The number of nitrogens with zero attached hydrogens (tertiary/aromatic N) is 1. The number of hydrogen-bond acceptors (Lipinski definition) is 4. The lowest BCUT2D eigenvalue weighted by atomic mass is 10.1. The summed E-state index contributed by atoms with van der Waals surface area (Å²) in [6.45, 7) is 12.6. The van der Waals surface area contributed by atoms with Crippen LogP contribution in [0.1, 0.15) is 38.3 Å².